The average Bonchev–Trinajstić information content (AvgIpc) is 3.35. The standard InChI is InChI=1S/C26H32N6O5/c1-26(2,3)22-17-23(31-37-22)30-25(34)29-19-6-4-18(5-7-19)28-24(33)21-16-20(8-9-27-21)36-15-12-32-10-13-35-14-11-32/h4-9,16-17H,10-15H2,1-3H3,(H,28,33)(H2,29,30,31,34). The van der Waals surface area contributed by atoms with Gasteiger partial charge in [0.2, 0.25) is 0 Å². The van der Waals surface area contributed by atoms with Crippen LogP contribution in [0.25, 0.3) is 0 Å². The zero-order valence-electron chi connectivity index (χ0n) is 21.2. The summed E-state index contributed by atoms with van der Waals surface area (Å²) in [5.74, 6) is 1.21. The van der Waals surface area contributed by atoms with Crippen molar-refractivity contribution < 1.29 is 23.6 Å². The predicted molar refractivity (Wildman–Crippen MR) is 139 cm³/mol. The third-order valence-corrected chi connectivity index (χ3v) is 5.64. The molecule has 3 aromatic rings. The molecule has 2 aromatic heterocycles. The normalized spacial score (nSPS) is 14.1. The monoisotopic (exact) mass is 508 g/mol. The molecule has 4 rings (SSSR count). The average molecular weight is 509 g/mol. The van der Waals surface area contributed by atoms with E-state index in [4.69, 9.17) is 14.0 Å². The first-order valence-electron chi connectivity index (χ1n) is 12.1. The van der Waals surface area contributed by atoms with Crippen molar-refractivity contribution in [2.24, 2.45) is 0 Å². The first-order valence-corrected chi connectivity index (χ1v) is 12.1. The molecule has 1 aliphatic heterocycles. The Morgan fingerprint density at radius 1 is 1.00 bits per heavy atom. The van der Waals surface area contributed by atoms with E-state index in [1.54, 1.807) is 48.7 Å². The highest BCUT2D eigenvalue weighted by Gasteiger charge is 2.20. The SMILES string of the molecule is CC(C)(C)c1cc(NC(=O)Nc2ccc(NC(=O)c3cc(OCCN4CCOCC4)ccn3)cc2)no1. The summed E-state index contributed by atoms with van der Waals surface area (Å²) in [7, 11) is 0. The number of urea groups is 1. The molecule has 11 nitrogen and oxygen atoms in total. The molecule has 3 heterocycles. The zero-order valence-corrected chi connectivity index (χ0v) is 21.2. The molecule has 11 heteroatoms. The van der Waals surface area contributed by atoms with Crippen LogP contribution < -0.4 is 20.7 Å². The Balaban J connectivity index is 1.25. The lowest BCUT2D eigenvalue weighted by Crippen LogP contribution is -2.38. The summed E-state index contributed by atoms with van der Waals surface area (Å²) in [5, 5.41) is 12.0. The third-order valence-electron chi connectivity index (χ3n) is 5.64. The summed E-state index contributed by atoms with van der Waals surface area (Å²) in [4.78, 5) is 31.4. The minimum atomic E-state index is -0.458. The first-order chi connectivity index (χ1) is 17.8. The summed E-state index contributed by atoms with van der Waals surface area (Å²) in [6, 6.07) is 11.3. The van der Waals surface area contributed by atoms with Gasteiger partial charge in [-0.25, -0.2) is 4.79 Å². The molecular weight excluding hydrogens is 476 g/mol. The van der Waals surface area contributed by atoms with E-state index in [-0.39, 0.29) is 17.0 Å². The number of carbonyl (C=O) groups is 2. The van der Waals surface area contributed by atoms with Gasteiger partial charge in [0.25, 0.3) is 5.91 Å². The van der Waals surface area contributed by atoms with Crippen LogP contribution in [0.4, 0.5) is 22.0 Å². The van der Waals surface area contributed by atoms with Gasteiger partial charge in [0.1, 0.15) is 23.8 Å². The number of rotatable bonds is 8. The number of hydrogen-bond donors (Lipinski definition) is 3. The second-order valence-corrected chi connectivity index (χ2v) is 9.62. The third kappa shape index (κ3) is 7.76. The van der Waals surface area contributed by atoms with Crippen molar-refractivity contribution >= 4 is 29.1 Å². The van der Waals surface area contributed by atoms with Crippen LogP contribution >= 0.6 is 0 Å². The van der Waals surface area contributed by atoms with E-state index in [2.05, 4.69) is 31.0 Å². The number of aromatic nitrogens is 2. The molecule has 1 fully saturated rings. The molecule has 0 aliphatic carbocycles. The smallest absolute Gasteiger partial charge is 0.324 e. The molecule has 1 saturated heterocycles. The Labute approximate surface area is 215 Å². The molecule has 1 aromatic carbocycles. The fraction of sp³-hybridized carbons (Fsp3) is 0.385. The number of benzene rings is 1. The molecule has 3 N–H and O–H groups in total. The second-order valence-electron chi connectivity index (χ2n) is 9.62. The van der Waals surface area contributed by atoms with Gasteiger partial charge in [-0.1, -0.05) is 25.9 Å². The number of amides is 3. The van der Waals surface area contributed by atoms with E-state index in [1.807, 2.05) is 20.8 Å². The molecule has 37 heavy (non-hydrogen) atoms. The number of pyridine rings is 1. The van der Waals surface area contributed by atoms with Crippen molar-refractivity contribution in [3.8, 4) is 5.75 Å². The number of carbonyl (C=O) groups excluding carboxylic acids is 2. The van der Waals surface area contributed by atoms with Crippen LogP contribution in [-0.2, 0) is 10.2 Å². The van der Waals surface area contributed by atoms with Gasteiger partial charge in [-0.15, -0.1) is 0 Å². The van der Waals surface area contributed by atoms with E-state index < -0.39 is 6.03 Å². The van der Waals surface area contributed by atoms with Gasteiger partial charge in [0.15, 0.2) is 5.82 Å². The molecular formula is C26H32N6O5. The van der Waals surface area contributed by atoms with Crippen LogP contribution in [0.15, 0.2) is 53.2 Å². The van der Waals surface area contributed by atoms with Crippen molar-refractivity contribution in [2.75, 3.05) is 55.4 Å². The Hall–Kier alpha value is -3.96. The lowest BCUT2D eigenvalue weighted by molar-refractivity contribution is 0.0322. The number of hydrogen-bond acceptors (Lipinski definition) is 8. The topological polar surface area (TPSA) is 131 Å². The molecule has 1 aliphatic rings. The Morgan fingerprint density at radius 3 is 2.38 bits per heavy atom. The first kappa shape index (κ1) is 26.1. The Bertz CT molecular complexity index is 1200. The second kappa shape index (κ2) is 11.8. The maximum atomic E-state index is 12.7. The zero-order chi connectivity index (χ0) is 26.3. The maximum absolute atomic E-state index is 12.7. The van der Waals surface area contributed by atoms with E-state index in [1.165, 1.54) is 0 Å². The van der Waals surface area contributed by atoms with Crippen molar-refractivity contribution in [3.63, 3.8) is 0 Å². The van der Waals surface area contributed by atoms with Crippen LogP contribution in [0.5, 0.6) is 5.75 Å². The Morgan fingerprint density at radius 2 is 1.70 bits per heavy atom. The maximum Gasteiger partial charge on any atom is 0.324 e. The van der Waals surface area contributed by atoms with Gasteiger partial charge >= 0.3 is 6.03 Å². The molecule has 0 spiro atoms. The summed E-state index contributed by atoms with van der Waals surface area (Å²) in [5.41, 5.74) is 1.13. The highest BCUT2D eigenvalue weighted by molar-refractivity contribution is 6.03. The molecule has 3 amide bonds. The minimum Gasteiger partial charge on any atom is -0.492 e. The van der Waals surface area contributed by atoms with Crippen LogP contribution in [0.3, 0.4) is 0 Å². The number of nitrogens with zero attached hydrogens (tertiary/aromatic N) is 3. The van der Waals surface area contributed by atoms with Crippen molar-refractivity contribution in [1.29, 1.82) is 0 Å². The van der Waals surface area contributed by atoms with Crippen LogP contribution in [0.2, 0.25) is 0 Å². The van der Waals surface area contributed by atoms with E-state index in [0.29, 0.717) is 35.3 Å². The lowest BCUT2D eigenvalue weighted by atomic mass is 9.93. The van der Waals surface area contributed by atoms with Gasteiger partial charge in [-0.3, -0.25) is 20.0 Å². The van der Waals surface area contributed by atoms with Gasteiger partial charge in [-0.2, -0.15) is 0 Å². The molecule has 0 atom stereocenters. The summed E-state index contributed by atoms with van der Waals surface area (Å²) < 4.78 is 16.4. The highest BCUT2D eigenvalue weighted by Crippen LogP contribution is 2.24. The summed E-state index contributed by atoms with van der Waals surface area (Å²) >= 11 is 0. The van der Waals surface area contributed by atoms with Gasteiger partial charge in [0.05, 0.1) is 13.2 Å². The van der Waals surface area contributed by atoms with Crippen LogP contribution in [0.1, 0.15) is 37.0 Å². The number of anilines is 3. The van der Waals surface area contributed by atoms with Gasteiger partial charge in [0, 0.05) is 54.8 Å². The predicted octanol–water partition coefficient (Wildman–Crippen LogP) is 3.97. The highest BCUT2D eigenvalue weighted by atomic mass is 16.5. The van der Waals surface area contributed by atoms with Crippen molar-refractivity contribution in [3.05, 3.63) is 60.1 Å². The molecule has 196 valence electrons. The fourth-order valence-corrected chi connectivity index (χ4v) is 3.54. The van der Waals surface area contributed by atoms with Crippen LogP contribution in [0, 0.1) is 0 Å². The minimum absolute atomic E-state index is 0.212. The Kier molecular flexibility index (Phi) is 8.36. The van der Waals surface area contributed by atoms with Crippen molar-refractivity contribution in [2.45, 2.75) is 26.2 Å². The number of nitrogens with one attached hydrogen (secondary N) is 3. The largest absolute Gasteiger partial charge is 0.492 e. The summed E-state index contributed by atoms with van der Waals surface area (Å²) in [6.07, 6.45) is 1.55. The summed E-state index contributed by atoms with van der Waals surface area (Å²) in [6.45, 7) is 10.6. The van der Waals surface area contributed by atoms with E-state index >= 15 is 0 Å². The quantitative estimate of drug-likeness (QED) is 0.417. The molecule has 0 bridgehead atoms. The molecule has 0 unspecified atom stereocenters. The molecule has 0 radical (unpaired) electrons. The van der Waals surface area contributed by atoms with Crippen molar-refractivity contribution in [1.82, 2.24) is 15.0 Å². The lowest BCUT2D eigenvalue weighted by Gasteiger charge is -2.26. The van der Waals surface area contributed by atoms with Gasteiger partial charge < -0.3 is 24.6 Å². The van der Waals surface area contributed by atoms with E-state index in [0.717, 1.165) is 32.8 Å². The molecule has 0 saturated carbocycles. The fourth-order valence-electron chi connectivity index (χ4n) is 3.54. The van der Waals surface area contributed by atoms with E-state index in [9.17, 15) is 9.59 Å². The number of morpholine rings is 1. The van der Waals surface area contributed by atoms with Gasteiger partial charge in [-0.05, 0) is 30.3 Å². The number of ether oxygens (including phenoxy) is 2. The van der Waals surface area contributed by atoms with Crippen LogP contribution in [-0.4, -0.2) is 66.4 Å².